The minimum atomic E-state index is -0.897. The number of urea groups is 1. The van der Waals surface area contributed by atoms with Crippen LogP contribution in [-0.2, 0) is 36.9 Å². The molecule has 0 radical (unpaired) electrons. The predicted octanol–water partition coefficient (Wildman–Crippen LogP) is 4.60. The second-order valence-electron chi connectivity index (χ2n) is 13.9. The van der Waals surface area contributed by atoms with Gasteiger partial charge >= 0.3 is 18.1 Å². The van der Waals surface area contributed by atoms with Crippen LogP contribution >= 0.6 is 0 Å². The normalized spacial score (nSPS) is 14.8. The third-order valence-electron chi connectivity index (χ3n) is 9.19. The molecular weight excluding hydrogens is 694 g/mol. The Labute approximate surface area is 316 Å². The van der Waals surface area contributed by atoms with E-state index >= 15 is 0 Å². The summed E-state index contributed by atoms with van der Waals surface area (Å²) >= 11 is 0. The van der Waals surface area contributed by atoms with Gasteiger partial charge in [0.05, 0.1) is 42.3 Å². The highest BCUT2D eigenvalue weighted by molar-refractivity contribution is 6.04. The highest BCUT2D eigenvalue weighted by Crippen LogP contribution is 2.28. The van der Waals surface area contributed by atoms with Gasteiger partial charge in [-0.25, -0.2) is 9.59 Å². The van der Waals surface area contributed by atoms with E-state index in [4.69, 9.17) is 15.2 Å². The lowest BCUT2D eigenvalue weighted by molar-refractivity contribution is -0.146. The standard InChI is InChI=1S/C40H53N5O9/c1-7-15-53-36(48)20-31(24(2)3)37(49)43-33(9-8-14-42-39(41)51)35(47)19-28-10-12-29(13-11-28)23-54-40(52)44-34-18-27(6)26(5)17-32(34)38(50)45-21-25(4)16-30(45)22-46/h7,10-13,17-18,21,24,30-31,33,46H,1,8-9,14-16,19-20,22-23H2,2-6H3,(H,43,49)(H,44,52)(H3,41,42,51)/t30-,31-,33-/m0/s1. The molecule has 0 bridgehead atoms. The first kappa shape index (κ1) is 42.9. The first-order valence-corrected chi connectivity index (χ1v) is 18.0. The highest BCUT2D eigenvalue weighted by Gasteiger charge is 2.31. The molecule has 3 rings (SSSR count). The second kappa shape index (κ2) is 20.7. The Morgan fingerprint density at radius 1 is 1.02 bits per heavy atom. The number of aliphatic hydroxyl groups is 1. The number of aryl methyl sites for hydroxylation is 2. The lowest BCUT2D eigenvalue weighted by Crippen LogP contribution is -2.46. The van der Waals surface area contributed by atoms with Crippen LogP contribution in [0.25, 0.3) is 0 Å². The number of ketones is 1. The Morgan fingerprint density at radius 3 is 2.31 bits per heavy atom. The Bertz CT molecular complexity index is 1720. The van der Waals surface area contributed by atoms with E-state index in [0.717, 1.165) is 16.7 Å². The summed E-state index contributed by atoms with van der Waals surface area (Å²) in [7, 11) is 0. The van der Waals surface area contributed by atoms with Crippen molar-refractivity contribution >= 4 is 41.4 Å². The van der Waals surface area contributed by atoms with Gasteiger partial charge in [-0.1, -0.05) is 56.3 Å². The Hall–Kier alpha value is -5.50. The molecule has 1 heterocycles. The number of rotatable bonds is 19. The van der Waals surface area contributed by atoms with Crippen LogP contribution in [-0.4, -0.2) is 77.5 Å². The number of nitrogens with two attached hydrogens (primary N) is 1. The zero-order valence-electron chi connectivity index (χ0n) is 31.7. The van der Waals surface area contributed by atoms with Crippen molar-refractivity contribution in [3.05, 3.63) is 88.6 Å². The molecule has 14 heteroatoms. The molecule has 0 saturated carbocycles. The van der Waals surface area contributed by atoms with Gasteiger partial charge in [0, 0.05) is 19.2 Å². The molecule has 0 aliphatic carbocycles. The molecule has 0 saturated heterocycles. The maximum Gasteiger partial charge on any atom is 0.411 e. The molecule has 54 heavy (non-hydrogen) atoms. The summed E-state index contributed by atoms with van der Waals surface area (Å²) < 4.78 is 10.5. The fourth-order valence-electron chi connectivity index (χ4n) is 5.98. The van der Waals surface area contributed by atoms with E-state index in [-0.39, 0.29) is 80.5 Å². The van der Waals surface area contributed by atoms with E-state index in [1.807, 2.05) is 20.8 Å². The van der Waals surface area contributed by atoms with E-state index in [1.165, 1.54) is 11.0 Å². The molecule has 0 unspecified atom stereocenters. The smallest absolute Gasteiger partial charge is 0.411 e. The van der Waals surface area contributed by atoms with Gasteiger partial charge in [0.15, 0.2) is 5.78 Å². The number of hydrogen-bond donors (Lipinski definition) is 5. The lowest BCUT2D eigenvalue weighted by atomic mass is 9.90. The van der Waals surface area contributed by atoms with Crippen molar-refractivity contribution in [2.45, 2.75) is 85.4 Å². The van der Waals surface area contributed by atoms with Crippen molar-refractivity contribution in [2.24, 2.45) is 17.6 Å². The van der Waals surface area contributed by atoms with Gasteiger partial charge in [0.2, 0.25) is 5.91 Å². The fourth-order valence-corrected chi connectivity index (χ4v) is 5.98. The Kier molecular flexibility index (Phi) is 16.4. The van der Waals surface area contributed by atoms with Gasteiger partial charge in [-0.2, -0.15) is 0 Å². The number of amides is 5. The molecule has 14 nitrogen and oxygen atoms in total. The summed E-state index contributed by atoms with van der Waals surface area (Å²) in [5.41, 5.74) is 9.72. The molecule has 5 amide bonds. The number of nitrogens with one attached hydrogen (secondary N) is 3. The molecule has 0 aromatic heterocycles. The number of aliphatic hydroxyl groups excluding tert-OH is 1. The Morgan fingerprint density at radius 2 is 1.69 bits per heavy atom. The number of primary amides is 1. The molecule has 2 aromatic carbocycles. The maximum atomic E-state index is 13.5. The van der Waals surface area contributed by atoms with Crippen LogP contribution < -0.4 is 21.7 Å². The number of carbonyl (C=O) groups is 6. The first-order chi connectivity index (χ1) is 25.6. The molecule has 292 valence electrons. The van der Waals surface area contributed by atoms with Crippen molar-refractivity contribution in [1.29, 1.82) is 0 Å². The number of carbonyl (C=O) groups excluding carboxylic acids is 6. The van der Waals surface area contributed by atoms with Gasteiger partial charge in [0.25, 0.3) is 5.91 Å². The third kappa shape index (κ3) is 12.9. The van der Waals surface area contributed by atoms with E-state index < -0.39 is 36.0 Å². The largest absolute Gasteiger partial charge is 0.461 e. The Balaban J connectivity index is 1.65. The van der Waals surface area contributed by atoms with Crippen LogP contribution in [0.1, 0.15) is 79.1 Å². The summed E-state index contributed by atoms with van der Waals surface area (Å²) in [5, 5.41) is 17.8. The van der Waals surface area contributed by atoms with Crippen molar-refractivity contribution < 1.29 is 43.3 Å². The summed E-state index contributed by atoms with van der Waals surface area (Å²) in [6, 6.07) is 8.31. The first-order valence-electron chi connectivity index (χ1n) is 18.0. The monoisotopic (exact) mass is 747 g/mol. The molecule has 3 atom stereocenters. The highest BCUT2D eigenvalue weighted by atomic mass is 16.5. The van der Waals surface area contributed by atoms with Gasteiger partial charge < -0.3 is 35.8 Å². The van der Waals surface area contributed by atoms with Crippen molar-refractivity contribution in [1.82, 2.24) is 15.5 Å². The van der Waals surface area contributed by atoms with Gasteiger partial charge in [-0.05, 0) is 80.3 Å². The fraction of sp³-hybridized carbons (Fsp3) is 0.450. The van der Waals surface area contributed by atoms with Crippen molar-refractivity contribution in [3.8, 4) is 0 Å². The van der Waals surface area contributed by atoms with Crippen LogP contribution in [0.4, 0.5) is 15.3 Å². The predicted molar refractivity (Wildman–Crippen MR) is 203 cm³/mol. The van der Waals surface area contributed by atoms with Crippen LogP contribution in [0, 0.1) is 25.7 Å². The third-order valence-corrected chi connectivity index (χ3v) is 9.19. The molecule has 6 N–H and O–H groups in total. The van der Waals surface area contributed by atoms with Gasteiger partial charge in [-0.15, -0.1) is 0 Å². The number of benzene rings is 2. The number of Topliss-reactive ketones (excluding diaryl/α,β-unsaturated/α-hetero) is 1. The minimum absolute atomic E-state index is 0.0179. The molecule has 1 aliphatic rings. The SMILES string of the molecule is C=CCOC(=O)C[C@H](C(=O)N[C@@H](CCCNC(N)=O)C(=O)Cc1ccc(COC(=O)Nc2cc(C)c(C)cc2C(=O)N2C=C(C)C[C@H]2CO)cc1)C(C)C. The average Bonchev–Trinajstić information content (AvgIpc) is 3.51. The van der Waals surface area contributed by atoms with Crippen molar-refractivity contribution in [2.75, 3.05) is 25.1 Å². The summed E-state index contributed by atoms with van der Waals surface area (Å²) in [5.74, 6) is -2.57. The summed E-state index contributed by atoms with van der Waals surface area (Å²) in [6.45, 7) is 12.7. The van der Waals surface area contributed by atoms with E-state index in [1.54, 1.807) is 56.4 Å². The quantitative estimate of drug-likeness (QED) is 0.0773. The zero-order valence-corrected chi connectivity index (χ0v) is 31.7. The van der Waals surface area contributed by atoms with E-state index in [0.29, 0.717) is 24.0 Å². The molecule has 1 aliphatic heterocycles. The van der Waals surface area contributed by atoms with Crippen LogP contribution in [0.2, 0.25) is 0 Å². The summed E-state index contributed by atoms with van der Waals surface area (Å²) in [4.78, 5) is 78.2. The molecule has 0 spiro atoms. The zero-order chi connectivity index (χ0) is 39.9. The number of hydrogen-bond acceptors (Lipinski definition) is 9. The second-order valence-corrected chi connectivity index (χ2v) is 13.9. The number of esters is 1. The van der Waals surface area contributed by atoms with Crippen LogP contribution in [0.15, 0.2) is 60.8 Å². The van der Waals surface area contributed by atoms with Gasteiger partial charge in [-0.3, -0.25) is 24.5 Å². The topological polar surface area (TPSA) is 206 Å². The number of nitrogens with zero attached hydrogens (tertiary/aromatic N) is 1. The average molecular weight is 748 g/mol. The van der Waals surface area contributed by atoms with E-state index in [2.05, 4.69) is 22.5 Å². The molecule has 2 aromatic rings. The lowest BCUT2D eigenvalue weighted by Gasteiger charge is -2.24. The maximum absolute atomic E-state index is 13.5. The van der Waals surface area contributed by atoms with Crippen LogP contribution in [0.5, 0.6) is 0 Å². The minimum Gasteiger partial charge on any atom is -0.461 e. The molecular formula is C40H53N5O9. The number of ether oxygens (including phenoxy) is 2. The van der Waals surface area contributed by atoms with Crippen LogP contribution in [0.3, 0.4) is 0 Å². The summed E-state index contributed by atoms with van der Waals surface area (Å²) in [6.07, 6.45) is 3.36. The van der Waals surface area contributed by atoms with E-state index in [9.17, 15) is 33.9 Å². The van der Waals surface area contributed by atoms with Crippen molar-refractivity contribution in [3.63, 3.8) is 0 Å². The number of anilines is 1. The van der Waals surface area contributed by atoms with Gasteiger partial charge in [0.1, 0.15) is 13.2 Å². The molecule has 0 fully saturated rings.